The van der Waals surface area contributed by atoms with Crippen molar-refractivity contribution < 1.29 is 38.2 Å². The Bertz CT molecular complexity index is 1110. The first-order valence-corrected chi connectivity index (χ1v) is 24.2. The first-order valence-electron chi connectivity index (χ1n) is 24.2. The van der Waals surface area contributed by atoms with Crippen LogP contribution in [0.5, 0.6) is 0 Å². The summed E-state index contributed by atoms with van der Waals surface area (Å²) in [6.45, 7) is 4.70. The Morgan fingerprint density at radius 1 is 0.508 bits per heavy atom. The lowest BCUT2D eigenvalue weighted by Crippen LogP contribution is -2.50. The van der Waals surface area contributed by atoms with Crippen molar-refractivity contribution in [1.82, 2.24) is 0 Å². The third-order valence-corrected chi connectivity index (χ3v) is 10.8. The smallest absolute Gasteiger partial charge is 0.362 e. The number of unbranched alkanes of at least 4 members (excludes halogenated alkanes) is 23. The van der Waals surface area contributed by atoms with Crippen molar-refractivity contribution >= 4 is 17.9 Å². The minimum atomic E-state index is -0.879. The molecule has 59 heavy (non-hydrogen) atoms. The zero-order valence-corrected chi connectivity index (χ0v) is 39.0. The number of nitrogens with zero attached hydrogens (tertiary/aromatic N) is 1. The van der Waals surface area contributed by atoms with Crippen LogP contribution in [0.15, 0.2) is 48.6 Å². The van der Waals surface area contributed by atoms with Crippen molar-refractivity contribution in [3.8, 4) is 0 Å². The van der Waals surface area contributed by atoms with E-state index in [1.54, 1.807) is 0 Å². The lowest BCUT2D eigenvalue weighted by atomic mass is 10.1. The van der Waals surface area contributed by atoms with E-state index in [9.17, 15) is 19.5 Å². The summed E-state index contributed by atoms with van der Waals surface area (Å²) >= 11 is 0. The average Bonchev–Trinajstić information content (AvgIpc) is 3.19. The molecule has 8 nitrogen and oxygen atoms in total. The van der Waals surface area contributed by atoms with Crippen molar-refractivity contribution in [2.24, 2.45) is 0 Å². The molecule has 0 aliphatic rings. The van der Waals surface area contributed by atoms with Crippen LogP contribution in [0.3, 0.4) is 0 Å². The SMILES string of the molecule is CCCCCCC/C=C/C=C/C=C/CCCCCCCC(=O)OC(COCCC(C(=O)O)[N+](C)(C)C)COC(=O)CCCCCCCCC/C=C/CCCCCCCC. The first-order chi connectivity index (χ1) is 28.6. The van der Waals surface area contributed by atoms with Crippen molar-refractivity contribution in [2.75, 3.05) is 41.0 Å². The van der Waals surface area contributed by atoms with E-state index in [0.717, 1.165) is 64.2 Å². The lowest BCUT2D eigenvalue weighted by Gasteiger charge is -2.31. The summed E-state index contributed by atoms with van der Waals surface area (Å²) < 4.78 is 17.3. The van der Waals surface area contributed by atoms with Gasteiger partial charge in [0.05, 0.1) is 34.4 Å². The highest BCUT2D eigenvalue weighted by atomic mass is 16.6. The van der Waals surface area contributed by atoms with E-state index in [1.165, 1.54) is 109 Å². The second kappa shape index (κ2) is 42.0. The van der Waals surface area contributed by atoms with Crippen molar-refractivity contribution in [3.05, 3.63) is 48.6 Å². The molecule has 0 spiro atoms. The molecule has 0 aromatic heterocycles. The fraction of sp³-hybridized carbons (Fsp3) is 0.784. The molecular formula is C51H92NO7+. The number of rotatable bonds is 43. The van der Waals surface area contributed by atoms with E-state index in [2.05, 4.69) is 62.5 Å². The molecule has 2 atom stereocenters. The van der Waals surface area contributed by atoms with Crippen LogP contribution < -0.4 is 0 Å². The van der Waals surface area contributed by atoms with E-state index >= 15 is 0 Å². The fourth-order valence-corrected chi connectivity index (χ4v) is 6.97. The second-order valence-corrected chi connectivity index (χ2v) is 17.4. The van der Waals surface area contributed by atoms with Crippen LogP contribution in [0.25, 0.3) is 0 Å². The van der Waals surface area contributed by atoms with Crippen LogP contribution in [0, 0.1) is 0 Å². The molecule has 0 radical (unpaired) electrons. The summed E-state index contributed by atoms with van der Waals surface area (Å²) in [5, 5.41) is 9.64. The number of carboxylic acid groups (broad SMARTS) is 1. The van der Waals surface area contributed by atoms with Gasteiger partial charge in [-0.05, 0) is 64.2 Å². The molecule has 0 rings (SSSR count). The molecule has 2 unspecified atom stereocenters. The summed E-state index contributed by atoms with van der Waals surface area (Å²) in [6, 6.07) is -0.620. The molecule has 0 aliphatic heterocycles. The van der Waals surface area contributed by atoms with E-state index in [-0.39, 0.29) is 36.2 Å². The quantitative estimate of drug-likeness (QED) is 0.0215. The Balaban J connectivity index is 4.35. The second-order valence-electron chi connectivity index (χ2n) is 17.4. The molecule has 0 saturated heterocycles. The number of esters is 2. The van der Waals surface area contributed by atoms with Gasteiger partial charge < -0.3 is 23.8 Å². The molecule has 0 aromatic rings. The highest BCUT2D eigenvalue weighted by Gasteiger charge is 2.31. The molecule has 0 heterocycles. The maximum atomic E-state index is 12.8. The van der Waals surface area contributed by atoms with Crippen molar-refractivity contribution in [1.29, 1.82) is 0 Å². The zero-order chi connectivity index (χ0) is 43.5. The number of ether oxygens (including phenoxy) is 3. The third-order valence-electron chi connectivity index (χ3n) is 10.8. The molecule has 0 saturated carbocycles. The van der Waals surface area contributed by atoms with Crippen LogP contribution >= 0.6 is 0 Å². The topological polar surface area (TPSA) is 99.1 Å². The summed E-state index contributed by atoms with van der Waals surface area (Å²) in [7, 11) is 5.52. The van der Waals surface area contributed by atoms with Gasteiger partial charge in [0.25, 0.3) is 0 Å². The van der Waals surface area contributed by atoms with Crippen LogP contribution in [0.1, 0.15) is 206 Å². The van der Waals surface area contributed by atoms with Gasteiger partial charge in [-0.25, -0.2) is 4.79 Å². The Kier molecular flexibility index (Phi) is 40.1. The number of quaternary nitrogens is 1. The van der Waals surface area contributed by atoms with E-state index in [1.807, 2.05) is 21.1 Å². The Morgan fingerprint density at radius 3 is 1.36 bits per heavy atom. The largest absolute Gasteiger partial charge is 0.477 e. The number of carbonyl (C=O) groups is 3. The number of carbonyl (C=O) groups excluding carboxylic acids is 2. The number of hydrogen-bond acceptors (Lipinski definition) is 6. The summed E-state index contributed by atoms with van der Waals surface area (Å²) in [5.41, 5.74) is 0. The molecule has 0 aromatic carbocycles. The Labute approximate surface area is 363 Å². The highest BCUT2D eigenvalue weighted by Crippen LogP contribution is 2.14. The predicted molar refractivity (Wildman–Crippen MR) is 248 cm³/mol. The molecule has 0 aliphatic carbocycles. The van der Waals surface area contributed by atoms with Gasteiger partial charge in [-0.3, -0.25) is 9.59 Å². The van der Waals surface area contributed by atoms with Crippen molar-refractivity contribution in [3.63, 3.8) is 0 Å². The van der Waals surface area contributed by atoms with Gasteiger partial charge in [-0.2, -0.15) is 0 Å². The van der Waals surface area contributed by atoms with Gasteiger partial charge in [-0.15, -0.1) is 0 Å². The van der Waals surface area contributed by atoms with Crippen LogP contribution in [-0.4, -0.2) is 80.6 Å². The Hall–Kier alpha value is -2.71. The van der Waals surface area contributed by atoms with Crippen LogP contribution in [-0.2, 0) is 28.6 Å². The standard InChI is InChI=1S/C51H91NO7/c1-6-8-10-12-14-16-18-20-22-24-26-28-30-32-34-36-38-40-42-50(54)59-47(45-57-44-43-48(51(55)56)52(3,4)5)46-58-49(53)41-39-37-35-33-31-29-27-25-23-21-19-17-15-13-11-9-7-2/h18,20-24,26,28,47-48H,6-17,19,25,27,29-46H2,1-5H3/p+1/b20-18+,23-21+,24-22+,28-26+. The number of hydrogen-bond donors (Lipinski definition) is 1. The molecular weight excluding hydrogens is 739 g/mol. The third kappa shape index (κ3) is 40.5. The van der Waals surface area contributed by atoms with Crippen LogP contribution in [0.4, 0.5) is 0 Å². The predicted octanol–water partition coefficient (Wildman–Crippen LogP) is 13.6. The molecule has 8 heteroatoms. The normalized spacial score (nSPS) is 13.3. The average molecular weight is 831 g/mol. The molecule has 0 fully saturated rings. The van der Waals surface area contributed by atoms with E-state index < -0.39 is 18.1 Å². The number of likely N-dealkylation sites (N-methyl/N-ethyl adjacent to an activating group) is 1. The van der Waals surface area contributed by atoms with Crippen LogP contribution in [0.2, 0.25) is 0 Å². The minimum absolute atomic E-state index is 0.0511. The summed E-state index contributed by atoms with van der Waals surface area (Å²) in [5.74, 6) is -1.50. The first kappa shape index (κ1) is 56.3. The van der Waals surface area contributed by atoms with Gasteiger partial charge in [0.15, 0.2) is 12.1 Å². The molecule has 0 bridgehead atoms. The number of allylic oxidation sites excluding steroid dienone is 8. The van der Waals surface area contributed by atoms with E-state index in [0.29, 0.717) is 19.3 Å². The maximum absolute atomic E-state index is 12.8. The zero-order valence-electron chi connectivity index (χ0n) is 39.0. The van der Waals surface area contributed by atoms with Gasteiger partial charge in [0.2, 0.25) is 0 Å². The molecule has 342 valence electrons. The minimum Gasteiger partial charge on any atom is -0.477 e. The maximum Gasteiger partial charge on any atom is 0.362 e. The molecule has 0 amide bonds. The van der Waals surface area contributed by atoms with E-state index in [4.69, 9.17) is 14.2 Å². The fourth-order valence-electron chi connectivity index (χ4n) is 6.97. The summed E-state index contributed by atoms with van der Waals surface area (Å²) in [4.78, 5) is 37.1. The monoisotopic (exact) mass is 831 g/mol. The van der Waals surface area contributed by atoms with Gasteiger partial charge in [0, 0.05) is 19.3 Å². The number of aliphatic carboxylic acids is 1. The van der Waals surface area contributed by atoms with Gasteiger partial charge in [-0.1, -0.05) is 172 Å². The Morgan fingerprint density at radius 2 is 0.915 bits per heavy atom. The van der Waals surface area contributed by atoms with Crippen molar-refractivity contribution in [2.45, 2.75) is 219 Å². The molecule has 1 N–H and O–H groups in total. The highest BCUT2D eigenvalue weighted by molar-refractivity contribution is 5.72. The summed E-state index contributed by atoms with van der Waals surface area (Å²) in [6.07, 6.45) is 50.0. The van der Waals surface area contributed by atoms with Gasteiger partial charge >= 0.3 is 17.9 Å². The lowest BCUT2D eigenvalue weighted by molar-refractivity contribution is -0.887. The number of carboxylic acids is 1. The van der Waals surface area contributed by atoms with Gasteiger partial charge in [0.1, 0.15) is 6.61 Å².